The molecule has 0 spiro atoms. The molecule has 0 fully saturated rings. The molecule has 1 aromatic heterocycles. The lowest BCUT2D eigenvalue weighted by molar-refractivity contribution is 0.475. The maximum atomic E-state index is 9.79. The van der Waals surface area contributed by atoms with E-state index in [1.54, 1.807) is 12.1 Å². The van der Waals surface area contributed by atoms with Gasteiger partial charge in [0, 0.05) is 22.1 Å². The van der Waals surface area contributed by atoms with Crippen LogP contribution in [0.25, 0.3) is 33.1 Å². The highest BCUT2D eigenvalue weighted by Gasteiger charge is 2.21. The predicted molar refractivity (Wildman–Crippen MR) is 136 cm³/mol. The maximum Gasteiger partial charge on any atom is 0.160 e. The Hall–Kier alpha value is -4.50. The number of aromatic hydroxyl groups is 1. The Labute approximate surface area is 191 Å². The van der Waals surface area contributed by atoms with E-state index in [9.17, 15) is 5.11 Å². The van der Waals surface area contributed by atoms with Crippen molar-refractivity contribution in [3.63, 3.8) is 0 Å². The van der Waals surface area contributed by atoms with Crippen LogP contribution in [-0.2, 0) is 0 Å². The lowest BCUT2D eigenvalue weighted by Gasteiger charge is -2.25. The highest BCUT2D eigenvalue weighted by atomic mass is 16.3. The van der Waals surface area contributed by atoms with Gasteiger partial charge < -0.3 is 14.4 Å². The molecular weight excluding hydrogens is 406 g/mol. The van der Waals surface area contributed by atoms with Gasteiger partial charge in [0.05, 0.1) is 5.69 Å². The number of phenolic OH excluding ortho intramolecular Hbond substituents is 1. The van der Waals surface area contributed by atoms with Crippen LogP contribution in [-0.4, -0.2) is 5.11 Å². The molecule has 6 aromatic rings. The van der Waals surface area contributed by atoms with Gasteiger partial charge in [-0.05, 0) is 59.7 Å². The molecular formula is C30H21NO2. The third kappa shape index (κ3) is 3.31. The summed E-state index contributed by atoms with van der Waals surface area (Å²) in [6, 6.07) is 40.4. The smallest absolute Gasteiger partial charge is 0.160 e. The van der Waals surface area contributed by atoms with Crippen LogP contribution in [0.5, 0.6) is 5.75 Å². The number of benzene rings is 5. The molecule has 3 nitrogen and oxygen atoms in total. The van der Waals surface area contributed by atoms with Crippen molar-refractivity contribution in [1.82, 2.24) is 0 Å². The molecule has 1 N–H and O–H groups in total. The summed E-state index contributed by atoms with van der Waals surface area (Å²) in [5, 5.41) is 11.9. The molecule has 1 heterocycles. The van der Waals surface area contributed by atoms with E-state index in [0.717, 1.165) is 50.1 Å². The Balaban J connectivity index is 1.68. The number of phenols is 1. The minimum Gasteiger partial charge on any atom is -0.508 e. The van der Waals surface area contributed by atoms with Crippen LogP contribution in [0.15, 0.2) is 126 Å². The van der Waals surface area contributed by atoms with E-state index in [0.29, 0.717) is 0 Å². The molecule has 0 bridgehead atoms. The highest BCUT2D eigenvalue weighted by Crippen LogP contribution is 2.45. The second kappa shape index (κ2) is 7.88. The molecule has 0 unspecified atom stereocenters. The first-order valence-corrected chi connectivity index (χ1v) is 10.9. The van der Waals surface area contributed by atoms with E-state index < -0.39 is 0 Å². The first-order chi connectivity index (χ1) is 16.3. The number of fused-ring (bicyclic) bond motifs is 3. The van der Waals surface area contributed by atoms with E-state index in [1.165, 1.54) is 0 Å². The predicted octanol–water partition coefficient (Wildman–Crippen LogP) is 8.43. The molecule has 0 radical (unpaired) electrons. The van der Waals surface area contributed by atoms with Gasteiger partial charge in [-0.25, -0.2) is 0 Å². The molecule has 0 saturated carbocycles. The van der Waals surface area contributed by atoms with E-state index in [4.69, 9.17) is 4.42 Å². The van der Waals surface area contributed by atoms with Crippen molar-refractivity contribution in [2.75, 3.05) is 4.90 Å². The van der Waals surface area contributed by atoms with Gasteiger partial charge in [0.25, 0.3) is 0 Å². The monoisotopic (exact) mass is 427 g/mol. The zero-order chi connectivity index (χ0) is 22.2. The normalized spacial score (nSPS) is 11.2. The highest BCUT2D eigenvalue weighted by molar-refractivity contribution is 6.16. The van der Waals surface area contributed by atoms with Gasteiger partial charge >= 0.3 is 0 Å². The number of furan rings is 1. The SMILES string of the molecule is Oc1ccc(-c2ccc(N(c3ccccc3)c3ccccc3)c3oc4ccccc4c23)cc1. The van der Waals surface area contributed by atoms with Gasteiger partial charge in [-0.15, -0.1) is 0 Å². The number of hydrogen-bond donors (Lipinski definition) is 1. The second-order valence-corrected chi connectivity index (χ2v) is 7.99. The number of anilines is 3. The number of para-hydroxylation sites is 3. The lowest BCUT2D eigenvalue weighted by Crippen LogP contribution is -2.10. The minimum absolute atomic E-state index is 0.253. The Bertz CT molecular complexity index is 1510. The summed E-state index contributed by atoms with van der Waals surface area (Å²) >= 11 is 0. The van der Waals surface area contributed by atoms with Crippen molar-refractivity contribution in [3.8, 4) is 16.9 Å². The first-order valence-electron chi connectivity index (χ1n) is 10.9. The minimum atomic E-state index is 0.253. The molecule has 0 atom stereocenters. The average Bonchev–Trinajstić information content (AvgIpc) is 3.26. The summed E-state index contributed by atoms with van der Waals surface area (Å²) in [5.74, 6) is 0.253. The maximum absolute atomic E-state index is 9.79. The first kappa shape index (κ1) is 19.2. The molecule has 33 heavy (non-hydrogen) atoms. The van der Waals surface area contributed by atoms with Crippen molar-refractivity contribution in [1.29, 1.82) is 0 Å². The van der Waals surface area contributed by atoms with Crippen molar-refractivity contribution >= 4 is 39.0 Å². The van der Waals surface area contributed by atoms with Gasteiger partial charge in [-0.2, -0.15) is 0 Å². The zero-order valence-corrected chi connectivity index (χ0v) is 17.8. The summed E-state index contributed by atoms with van der Waals surface area (Å²) in [6.45, 7) is 0. The van der Waals surface area contributed by atoms with Crippen molar-refractivity contribution < 1.29 is 9.52 Å². The van der Waals surface area contributed by atoms with Crippen LogP contribution in [0, 0.1) is 0 Å². The van der Waals surface area contributed by atoms with Crippen molar-refractivity contribution in [3.05, 3.63) is 121 Å². The fourth-order valence-electron chi connectivity index (χ4n) is 4.45. The van der Waals surface area contributed by atoms with Gasteiger partial charge in [0.15, 0.2) is 5.58 Å². The molecule has 0 saturated heterocycles. The van der Waals surface area contributed by atoms with Crippen LogP contribution in [0.2, 0.25) is 0 Å². The molecule has 5 aromatic carbocycles. The van der Waals surface area contributed by atoms with Crippen LogP contribution in [0.4, 0.5) is 17.1 Å². The summed E-state index contributed by atoms with van der Waals surface area (Å²) < 4.78 is 6.50. The van der Waals surface area contributed by atoms with Crippen LogP contribution in [0.3, 0.4) is 0 Å². The quantitative estimate of drug-likeness (QED) is 0.307. The largest absolute Gasteiger partial charge is 0.508 e. The Morgan fingerprint density at radius 2 is 1.18 bits per heavy atom. The summed E-state index contributed by atoms with van der Waals surface area (Å²) in [6.07, 6.45) is 0. The average molecular weight is 428 g/mol. The lowest BCUT2D eigenvalue weighted by atomic mass is 9.98. The van der Waals surface area contributed by atoms with Crippen LogP contribution in [0.1, 0.15) is 0 Å². The summed E-state index contributed by atoms with van der Waals surface area (Å²) in [7, 11) is 0. The zero-order valence-electron chi connectivity index (χ0n) is 17.8. The van der Waals surface area contributed by atoms with Gasteiger partial charge in [-0.1, -0.05) is 72.8 Å². The van der Waals surface area contributed by atoms with Crippen LogP contribution < -0.4 is 4.90 Å². The summed E-state index contributed by atoms with van der Waals surface area (Å²) in [5.41, 5.74) is 6.86. The fraction of sp³-hybridized carbons (Fsp3) is 0. The standard InChI is InChI=1S/C30H21NO2/c32-24-17-15-21(16-18-24)25-19-20-27(30-29(25)26-13-7-8-14-28(26)33-30)31(22-9-3-1-4-10-22)23-11-5-2-6-12-23/h1-20,32H. The van der Waals surface area contributed by atoms with E-state index in [2.05, 4.69) is 47.4 Å². The van der Waals surface area contributed by atoms with Crippen molar-refractivity contribution in [2.24, 2.45) is 0 Å². The second-order valence-electron chi connectivity index (χ2n) is 7.99. The number of rotatable bonds is 4. The van der Waals surface area contributed by atoms with E-state index >= 15 is 0 Å². The number of hydrogen-bond acceptors (Lipinski definition) is 3. The van der Waals surface area contributed by atoms with Gasteiger partial charge in [0.1, 0.15) is 11.3 Å². The molecule has 0 aliphatic rings. The van der Waals surface area contributed by atoms with E-state index in [-0.39, 0.29) is 5.75 Å². The van der Waals surface area contributed by atoms with Crippen molar-refractivity contribution in [2.45, 2.75) is 0 Å². The van der Waals surface area contributed by atoms with Gasteiger partial charge in [0.2, 0.25) is 0 Å². The number of nitrogens with zero attached hydrogens (tertiary/aromatic N) is 1. The Morgan fingerprint density at radius 3 is 1.85 bits per heavy atom. The topological polar surface area (TPSA) is 36.6 Å². The molecule has 0 aliphatic carbocycles. The van der Waals surface area contributed by atoms with Gasteiger partial charge in [-0.3, -0.25) is 0 Å². The third-order valence-corrected chi connectivity index (χ3v) is 5.95. The Kier molecular flexibility index (Phi) is 4.59. The van der Waals surface area contributed by atoms with Crippen LogP contribution >= 0.6 is 0 Å². The Morgan fingerprint density at radius 1 is 0.576 bits per heavy atom. The molecule has 158 valence electrons. The molecule has 0 aliphatic heterocycles. The molecule has 0 amide bonds. The molecule has 3 heteroatoms. The van der Waals surface area contributed by atoms with E-state index in [1.807, 2.05) is 66.7 Å². The molecule has 6 rings (SSSR count). The summed E-state index contributed by atoms with van der Waals surface area (Å²) in [4.78, 5) is 2.23. The third-order valence-electron chi connectivity index (χ3n) is 5.95. The fourth-order valence-corrected chi connectivity index (χ4v) is 4.45.